The second-order valence-electron chi connectivity index (χ2n) is 29.6. The van der Waals surface area contributed by atoms with E-state index in [9.17, 15) is 28.8 Å². The summed E-state index contributed by atoms with van der Waals surface area (Å²) in [7, 11) is 0. The molecule has 0 unspecified atom stereocenters. The molecule has 0 saturated heterocycles. The van der Waals surface area contributed by atoms with Crippen LogP contribution in [0.15, 0.2) is 51.8 Å². The summed E-state index contributed by atoms with van der Waals surface area (Å²) in [5.74, 6) is 0.0666. The number of ketones is 4. The molecule has 6 saturated carbocycles. The minimum atomic E-state index is -0.653. The Balaban J connectivity index is 0.000000180. The number of nitrogens with zero attached hydrogens (tertiary/aromatic N) is 3. The number of fused-ring (bicyclic) bond motifs is 14. The number of carbonyl (C=O) groups is 5. The van der Waals surface area contributed by atoms with E-state index >= 15 is 0 Å². The highest BCUT2D eigenvalue weighted by Crippen LogP contribution is 2.76. The first-order valence-electron chi connectivity index (χ1n) is 27.8. The van der Waals surface area contributed by atoms with E-state index in [1.54, 1.807) is 6.92 Å². The van der Waals surface area contributed by atoms with Crippen LogP contribution in [0, 0.1) is 103 Å². The fraction of sp³-hybridized carbons (Fsp3) is 0.746. The summed E-state index contributed by atoms with van der Waals surface area (Å²) in [5.41, 5.74) is -1.23. The smallest absolute Gasteiger partial charge is 0.235 e. The molecule has 73 heavy (non-hydrogen) atoms. The average Bonchev–Trinajstić information content (AvgIpc) is 3.28. The SMILES string of the molecule is [C-]#[N+]C1=C[C@]2(C)C3=CC(=O)[C@@H]4[C@@H]5CC(C)(C)CC[C@]5(N=C=O)CC[C@@]4(C)[C@]3(C)CC[C@H]2C(C)(C)C1=O.[C-]#[N+]C1=C[C@]2(C)C3=CC(=O)[C@@H]4[C@@H]5CC(C)(C)CC[C@]5(NC(C)=O)CC[C@@]4(C)[C@]3(C)CC[C@H]2C(C)(C)C1=O. The van der Waals surface area contributed by atoms with E-state index in [0.29, 0.717) is 0 Å². The van der Waals surface area contributed by atoms with Crippen LogP contribution in [-0.2, 0) is 28.8 Å². The fourth-order valence-corrected chi connectivity index (χ4v) is 20.0. The van der Waals surface area contributed by atoms with Gasteiger partial charge in [-0.3, -0.25) is 14.4 Å². The molecule has 1 amide bonds. The van der Waals surface area contributed by atoms with Gasteiger partial charge in [0.2, 0.25) is 23.4 Å². The molecule has 0 aliphatic heterocycles. The van der Waals surface area contributed by atoms with Crippen molar-refractivity contribution in [2.45, 2.75) is 205 Å². The molecule has 10 rings (SSSR count). The molecule has 1 N–H and O–H groups in total. The van der Waals surface area contributed by atoms with Gasteiger partial charge in [0.05, 0.1) is 18.7 Å². The molecule has 392 valence electrons. The van der Waals surface area contributed by atoms with Gasteiger partial charge >= 0.3 is 0 Å². The molecule has 10 nitrogen and oxygen atoms in total. The van der Waals surface area contributed by atoms with E-state index in [-0.39, 0.29) is 114 Å². The van der Waals surface area contributed by atoms with Gasteiger partial charge in [0.25, 0.3) is 0 Å². The zero-order chi connectivity index (χ0) is 53.9. The summed E-state index contributed by atoms with van der Waals surface area (Å²) in [6, 6.07) is 0. The van der Waals surface area contributed by atoms with E-state index in [1.165, 1.54) is 0 Å². The maximum atomic E-state index is 14.4. The van der Waals surface area contributed by atoms with Crippen molar-refractivity contribution in [2.24, 2.45) is 94.6 Å². The lowest BCUT2D eigenvalue weighted by molar-refractivity contribution is -0.163. The summed E-state index contributed by atoms with van der Waals surface area (Å²) in [6.07, 6.45) is 22.2. The molecule has 0 spiro atoms. The summed E-state index contributed by atoms with van der Waals surface area (Å²) in [6.45, 7) is 47.8. The minimum Gasteiger partial charge on any atom is -0.351 e. The van der Waals surface area contributed by atoms with Gasteiger partial charge in [0, 0.05) is 46.0 Å². The standard InChI is InChI=1S/C32H44N2O3.C31H40N2O3/c1-19(35)34-32-14-12-27(2,3)17-20(32)25-22(36)16-24-29(6)18-21(33-9)26(37)28(4,5)23(29)10-11-30(24,7)31(25,8)13-15-32;1-26(2)11-13-31(33-18-34)14-12-30(7)24(19(31)16-26)21(35)15-23-28(5)17-20(32-8)25(36)27(3,4)22(28)9-10-29(23,30)6/h16,18,20,23,25H,10-15,17H2,1-8H3,(H,34,35);15,17,19,22,24H,9-14,16H2,1-7H3/t20-,23-,25-,29-,30+,31+,32-;19-,22-,24-,28-,29+,30+,31-/m00/s1. The third-order valence-electron chi connectivity index (χ3n) is 24.3. The molecule has 0 aromatic heterocycles. The van der Waals surface area contributed by atoms with Gasteiger partial charge in [-0.2, -0.15) is 4.99 Å². The van der Waals surface area contributed by atoms with Crippen LogP contribution in [0.1, 0.15) is 194 Å². The van der Waals surface area contributed by atoms with Gasteiger partial charge in [-0.25, -0.2) is 14.5 Å². The van der Waals surface area contributed by atoms with Crippen molar-refractivity contribution in [1.82, 2.24) is 5.32 Å². The van der Waals surface area contributed by atoms with Crippen molar-refractivity contribution in [3.05, 3.63) is 69.7 Å². The second-order valence-corrected chi connectivity index (χ2v) is 29.6. The van der Waals surface area contributed by atoms with E-state index in [2.05, 4.69) is 89.2 Å². The monoisotopic (exact) mass is 993 g/mol. The van der Waals surface area contributed by atoms with Crippen molar-refractivity contribution in [3.8, 4) is 0 Å². The Morgan fingerprint density at radius 1 is 0.589 bits per heavy atom. The third-order valence-corrected chi connectivity index (χ3v) is 24.3. The molecule has 0 heterocycles. The lowest BCUT2D eigenvalue weighted by Crippen LogP contribution is -2.69. The normalized spacial score (nSPS) is 46.0. The number of aliphatic imine (C=N–C) groups is 1. The van der Waals surface area contributed by atoms with E-state index < -0.39 is 27.2 Å². The maximum Gasteiger partial charge on any atom is 0.235 e. The Morgan fingerprint density at radius 2 is 0.986 bits per heavy atom. The average molecular weight is 993 g/mol. The van der Waals surface area contributed by atoms with Gasteiger partial charge in [0.1, 0.15) is 0 Å². The summed E-state index contributed by atoms with van der Waals surface area (Å²) >= 11 is 0. The molecule has 0 bridgehead atoms. The van der Waals surface area contributed by atoms with Crippen LogP contribution in [-0.4, -0.2) is 46.2 Å². The number of allylic oxidation sites excluding steroid dienone is 8. The van der Waals surface area contributed by atoms with Crippen LogP contribution in [0.25, 0.3) is 9.69 Å². The molecule has 6 fully saturated rings. The van der Waals surface area contributed by atoms with Crippen LogP contribution >= 0.6 is 0 Å². The maximum absolute atomic E-state index is 14.4. The molecule has 10 aliphatic carbocycles. The highest BCUT2D eigenvalue weighted by Gasteiger charge is 2.72. The topological polar surface area (TPSA) is 136 Å². The lowest BCUT2D eigenvalue weighted by Gasteiger charge is -2.69. The number of nitrogens with one attached hydrogen (secondary N) is 1. The molecule has 0 aromatic carbocycles. The number of hydrogen-bond acceptors (Lipinski definition) is 7. The highest BCUT2D eigenvalue weighted by molar-refractivity contribution is 6.04. The number of rotatable bonds is 2. The van der Waals surface area contributed by atoms with Crippen molar-refractivity contribution in [3.63, 3.8) is 0 Å². The number of carbonyl (C=O) groups excluding carboxylic acids is 6. The molecule has 0 radical (unpaired) electrons. The first-order valence-corrected chi connectivity index (χ1v) is 27.8. The molecular weight excluding hydrogens is 909 g/mol. The van der Waals surface area contributed by atoms with Gasteiger partial charge in [-0.05, 0) is 158 Å². The van der Waals surface area contributed by atoms with Crippen LogP contribution in [0.5, 0.6) is 0 Å². The van der Waals surface area contributed by atoms with Crippen molar-refractivity contribution < 1.29 is 28.8 Å². The van der Waals surface area contributed by atoms with Gasteiger partial charge in [-0.1, -0.05) is 120 Å². The summed E-state index contributed by atoms with van der Waals surface area (Å²) in [5, 5.41) is 3.38. The number of amides is 1. The Morgan fingerprint density at radius 3 is 1.42 bits per heavy atom. The minimum absolute atomic E-state index is 0.00190. The second kappa shape index (κ2) is 16.2. The molecule has 10 heteroatoms. The van der Waals surface area contributed by atoms with Crippen LogP contribution in [0.2, 0.25) is 0 Å². The van der Waals surface area contributed by atoms with E-state index in [0.717, 1.165) is 101 Å². The van der Waals surface area contributed by atoms with E-state index in [4.69, 9.17) is 13.1 Å². The Labute approximate surface area is 436 Å². The van der Waals surface area contributed by atoms with Crippen molar-refractivity contribution in [1.29, 1.82) is 0 Å². The lowest BCUT2D eigenvalue weighted by atomic mass is 9.35. The Bertz CT molecular complexity index is 2790. The van der Waals surface area contributed by atoms with Gasteiger partial charge in [-0.15, -0.1) is 0 Å². The van der Waals surface area contributed by atoms with Crippen LogP contribution in [0.4, 0.5) is 0 Å². The number of hydrogen-bond donors (Lipinski definition) is 1. The largest absolute Gasteiger partial charge is 0.351 e. The van der Waals surface area contributed by atoms with Crippen LogP contribution < -0.4 is 5.32 Å². The quantitative estimate of drug-likeness (QED) is 0.166. The predicted octanol–water partition coefficient (Wildman–Crippen LogP) is 13.1. The van der Waals surface area contributed by atoms with E-state index in [1.807, 2.05) is 58.1 Å². The third kappa shape index (κ3) is 7.05. The zero-order valence-electron chi connectivity index (χ0n) is 47.0. The number of Topliss-reactive ketones (excluding diaryl/α,β-unsaturated/α-hetero) is 2. The molecule has 10 aliphatic rings. The van der Waals surface area contributed by atoms with Crippen molar-refractivity contribution in [2.75, 3.05) is 0 Å². The van der Waals surface area contributed by atoms with Crippen LogP contribution in [0.3, 0.4) is 0 Å². The number of isocyanates is 1. The highest BCUT2D eigenvalue weighted by atomic mass is 16.2. The first kappa shape index (κ1) is 53.3. The van der Waals surface area contributed by atoms with Gasteiger partial charge < -0.3 is 14.9 Å². The molecular formula is C63H84N4O6. The van der Waals surface area contributed by atoms with Crippen molar-refractivity contribution >= 4 is 35.1 Å². The zero-order valence-corrected chi connectivity index (χ0v) is 47.0. The summed E-state index contributed by atoms with van der Waals surface area (Å²) in [4.78, 5) is 90.8. The fourth-order valence-electron chi connectivity index (χ4n) is 20.0. The molecule has 0 aromatic rings. The predicted molar refractivity (Wildman–Crippen MR) is 282 cm³/mol. The summed E-state index contributed by atoms with van der Waals surface area (Å²) < 4.78 is 0. The Hall–Kier alpha value is -4.53. The Kier molecular flexibility index (Phi) is 11.9. The first-order chi connectivity index (χ1) is 33.6. The molecule has 14 atom stereocenters. The van der Waals surface area contributed by atoms with Gasteiger partial charge in [0.15, 0.2) is 23.1 Å².